The van der Waals surface area contributed by atoms with Gasteiger partial charge in [0, 0.05) is 0 Å². The third kappa shape index (κ3) is 4.19. The molecule has 0 unspecified atom stereocenters. The van der Waals surface area contributed by atoms with Crippen LogP contribution < -0.4 is 0 Å². The van der Waals surface area contributed by atoms with Gasteiger partial charge in [-0.2, -0.15) is 0 Å². The first-order valence-corrected chi connectivity index (χ1v) is 3.20. The van der Waals surface area contributed by atoms with E-state index in [1.54, 1.807) is 0 Å². The molecule has 26 valence electrons. The average Bonchev–Trinajstić information content (AvgIpc) is 1.41. The average molecular weight is 102 g/mol. The summed E-state index contributed by atoms with van der Waals surface area (Å²) in [6.45, 7) is 7.07. The molecular weight excluding hydrogens is 95.9 g/mol. The van der Waals surface area contributed by atoms with Crippen molar-refractivity contribution in [3.05, 3.63) is 21.9 Å². The van der Waals surface area contributed by atoms with Crippen molar-refractivity contribution >= 4 is 0 Å². The predicted molar refractivity (Wildman–Crippen MR) is 20.4 cm³/mol. The van der Waals surface area contributed by atoms with Crippen LogP contribution in [0.15, 0.2) is 21.9 Å². The van der Waals surface area contributed by atoms with Gasteiger partial charge >= 0.3 is 41.1 Å². The molecule has 0 heterocycles. The molecule has 0 aliphatic heterocycles. The summed E-state index contributed by atoms with van der Waals surface area (Å²) in [6.07, 6.45) is 0. The summed E-state index contributed by atoms with van der Waals surface area (Å²) in [5.74, 6) is 0. The molecular formula is C4H6Ti. The summed E-state index contributed by atoms with van der Waals surface area (Å²) in [7, 11) is 0. The Bertz CT molecular complexity index is 32.9. The normalized spacial score (nSPS) is 5.60. The van der Waals surface area contributed by atoms with Crippen molar-refractivity contribution in [2.24, 2.45) is 0 Å². The molecule has 0 atom stereocenters. The minimum absolute atomic E-state index is 0.0556. The second-order valence-electron chi connectivity index (χ2n) is 0.575. The quantitative estimate of drug-likeness (QED) is 0.461. The summed E-state index contributed by atoms with van der Waals surface area (Å²) in [4.78, 5) is 0. The fraction of sp³-hybridized carbons (Fsp3) is 0. The SMILES string of the molecule is C=[CH][Ti][CH]=C. The molecule has 0 fully saturated rings. The van der Waals surface area contributed by atoms with Gasteiger partial charge in [0.15, 0.2) is 0 Å². The van der Waals surface area contributed by atoms with Crippen LogP contribution in [0.5, 0.6) is 0 Å². The fourth-order valence-electron chi connectivity index (χ4n) is 0.0833. The standard InChI is InChI=1S/2C2H3.Ti/c2*1-2;/h2*1H,2H2;. The Labute approximate surface area is 41.5 Å². The van der Waals surface area contributed by atoms with E-state index in [0.29, 0.717) is 0 Å². The number of hydrogen-bond donors (Lipinski definition) is 0. The van der Waals surface area contributed by atoms with Crippen LogP contribution in [0.25, 0.3) is 0 Å². The summed E-state index contributed by atoms with van der Waals surface area (Å²) in [6, 6.07) is 0. The van der Waals surface area contributed by atoms with E-state index in [9.17, 15) is 0 Å². The summed E-state index contributed by atoms with van der Waals surface area (Å²) in [5.41, 5.74) is 0. The predicted octanol–water partition coefficient (Wildman–Crippen LogP) is 1.36. The molecule has 0 saturated carbocycles. The Hall–Kier alpha value is 0.194. The van der Waals surface area contributed by atoms with Gasteiger partial charge in [-0.15, -0.1) is 0 Å². The summed E-state index contributed by atoms with van der Waals surface area (Å²) < 4.78 is 3.88. The van der Waals surface area contributed by atoms with E-state index in [0.717, 1.165) is 0 Å². The van der Waals surface area contributed by atoms with E-state index in [-0.39, 0.29) is 19.2 Å². The monoisotopic (exact) mass is 102 g/mol. The van der Waals surface area contributed by atoms with Crippen molar-refractivity contribution < 1.29 is 19.2 Å². The molecule has 0 bridgehead atoms. The van der Waals surface area contributed by atoms with E-state index in [2.05, 4.69) is 13.2 Å². The Morgan fingerprint density at radius 2 is 1.60 bits per heavy atom. The Morgan fingerprint density at radius 3 is 1.60 bits per heavy atom. The van der Waals surface area contributed by atoms with Crippen molar-refractivity contribution in [2.75, 3.05) is 0 Å². The van der Waals surface area contributed by atoms with Crippen LogP contribution in [0.4, 0.5) is 0 Å². The molecule has 0 N–H and O–H groups in total. The topological polar surface area (TPSA) is 0 Å². The summed E-state index contributed by atoms with van der Waals surface area (Å²) >= 11 is 0.0556. The van der Waals surface area contributed by atoms with Gasteiger partial charge in [0.05, 0.1) is 0 Å². The molecule has 0 nitrogen and oxygen atoms in total. The molecule has 0 aromatic heterocycles. The Kier molecular flexibility index (Phi) is 4.36. The van der Waals surface area contributed by atoms with Gasteiger partial charge < -0.3 is 0 Å². The third-order valence-electron chi connectivity index (χ3n) is 0.236. The maximum absolute atomic E-state index is 3.53. The third-order valence-corrected chi connectivity index (χ3v) is 0.972. The van der Waals surface area contributed by atoms with Crippen LogP contribution in [-0.4, -0.2) is 0 Å². The van der Waals surface area contributed by atoms with Gasteiger partial charge in [0.1, 0.15) is 0 Å². The van der Waals surface area contributed by atoms with Gasteiger partial charge in [0.25, 0.3) is 0 Å². The van der Waals surface area contributed by atoms with Crippen LogP contribution >= 0.6 is 0 Å². The molecule has 0 aliphatic rings. The van der Waals surface area contributed by atoms with E-state index in [1.807, 2.05) is 8.76 Å². The summed E-state index contributed by atoms with van der Waals surface area (Å²) in [5, 5.41) is 0. The molecule has 0 radical (unpaired) electrons. The van der Waals surface area contributed by atoms with Crippen molar-refractivity contribution in [1.29, 1.82) is 0 Å². The second kappa shape index (κ2) is 4.19. The van der Waals surface area contributed by atoms with Crippen LogP contribution in [0.3, 0.4) is 0 Å². The van der Waals surface area contributed by atoms with Crippen molar-refractivity contribution in [3.63, 3.8) is 0 Å². The maximum atomic E-state index is 3.53. The molecule has 0 rings (SSSR count). The molecule has 0 saturated heterocycles. The van der Waals surface area contributed by atoms with E-state index in [1.165, 1.54) is 0 Å². The zero-order valence-electron chi connectivity index (χ0n) is 3.07. The van der Waals surface area contributed by atoms with Crippen LogP contribution in [0.2, 0.25) is 0 Å². The van der Waals surface area contributed by atoms with Crippen molar-refractivity contribution in [3.8, 4) is 0 Å². The zero-order chi connectivity index (χ0) is 4.12. The van der Waals surface area contributed by atoms with Crippen LogP contribution in [0, 0.1) is 0 Å². The van der Waals surface area contributed by atoms with Crippen LogP contribution in [-0.2, 0) is 19.2 Å². The van der Waals surface area contributed by atoms with E-state index in [4.69, 9.17) is 0 Å². The molecule has 0 aromatic carbocycles. The first-order valence-electron chi connectivity index (χ1n) is 1.39. The van der Waals surface area contributed by atoms with Gasteiger partial charge in [-0.1, -0.05) is 0 Å². The number of rotatable bonds is 2. The number of hydrogen-bond acceptors (Lipinski definition) is 0. The van der Waals surface area contributed by atoms with Crippen molar-refractivity contribution in [2.45, 2.75) is 0 Å². The molecule has 1 heteroatoms. The first kappa shape index (κ1) is 5.19. The van der Waals surface area contributed by atoms with E-state index >= 15 is 0 Å². The first-order chi connectivity index (χ1) is 2.41. The molecule has 0 aromatic rings. The molecule has 0 amide bonds. The van der Waals surface area contributed by atoms with Crippen molar-refractivity contribution in [1.82, 2.24) is 0 Å². The van der Waals surface area contributed by atoms with E-state index < -0.39 is 0 Å². The van der Waals surface area contributed by atoms with Gasteiger partial charge in [0.2, 0.25) is 0 Å². The Morgan fingerprint density at radius 1 is 1.20 bits per heavy atom. The second-order valence-corrected chi connectivity index (χ2v) is 2.37. The molecule has 0 aliphatic carbocycles. The van der Waals surface area contributed by atoms with Gasteiger partial charge in [-0.05, 0) is 0 Å². The van der Waals surface area contributed by atoms with Gasteiger partial charge in [-0.25, -0.2) is 0 Å². The van der Waals surface area contributed by atoms with Crippen LogP contribution in [0.1, 0.15) is 0 Å². The Balaban J connectivity index is 2.65. The van der Waals surface area contributed by atoms with Gasteiger partial charge in [-0.3, -0.25) is 0 Å². The fourth-order valence-corrected chi connectivity index (χ4v) is 0.344. The zero-order valence-corrected chi connectivity index (χ0v) is 4.63. The minimum atomic E-state index is 0.0556. The molecule has 0 spiro atoms. The molecule has 5 heavy (non-hydrogen) atoms.